The zero-order valence-corrected chi connectivity index (χ0v) is 13.2. The maximum atomic E-state index is 11.4. The van der Waals surface area contributed by atoms with Crippen LogP contribution in [0.2, 0.25) is 0 Å². The average Bonchev–Trinajstić information content (AvgIpc) is 2.49. The van der Waals surface area contributed by atoms with Gasteiger partial charge < -0.3 is 15.3 Å². The molecule has 0 aromatic heterocycles. The SMILES string of the molecule is CCCCCCCCc1cc(C(=O)O)cc(C(=O)O)c1C(=O)O. The van der Waals surface area contributed by atoms with E-state index in [1.165, 1.54) is 6.07 Å². The lowest BCUT2D eigenvalue weighted by atomic mass is 9.93. The van der Waals surface area contributed by atoms with Crippen LogP contribution in [0.1, 0.15) is 82.1 Å². The second-order valence-electron chi connectivity index (χ2n) is 5.49. The molecule has 0 aliphatic carbocycles. The highest BCUT2D eigenvalue weighted by molar-refractivity contribution is 6.04. The van der Waals surface area contributed by atoms with Crippen LogP contribution in [0.5, 0.6) is 0 Å². The quantitative estimate of drug-likeness (QED) is 0.566. The van der Waals surface area contributed by atoms with Crippen molar-refractivity contribution in [3.05, 3.63) is 34.4 Å². The van der Waals surface area contributed by atoms with Crippen LogP contribution in [0.4, 0.5) is 0 Å². The molecule has 1 aromatic carbocycles. The first-order chi connectivity index (χ1) is 10.9. The Bertz CT molecular complexity index is 591. The molecular weight excluding hydrogens is 300 g/mol. The standard InChI is InChI=1S/C17H22O6/c1-2-3-4-5-6-7-8-11-9-12(15(18)19)10-13(16(20)21)14(11)17(22)23/h9-10H,2-8H2,1H3,(H,18,19)(H,20,21)(H,22,23). The third kappa shape index (κ3) is 5.39. The van der Waals surface area contributed by atoms with Gasteiger partial charge in [0.15, 0.2) is 0 Å². The van der Waals surface area contributed by atoms with Crippen molar-refractivity contribution < 1.29 is 29.7 Å². The minimum Gasteiger partial charge on any atom is -0.478 e. The van der Waals surface area contributed by atoms with E-state index in [2.05, 4.69) is 6.92 Å². The maximum Gasteiger partial charge on any atom is 0.336 e. The number of aryl methyl sites for hydroxylation is 1. The minimum atomic E-state index is -1.44. The number of hydrogen-bond donors (Lipinski definition) is 3. The van der Waals surface area contributed by atoms with E-state index in [0.717, 1.165) is 38.2 Å². The van der Waals surface area contributed by atoms with E-state index in [1.807, 2.05) is 0 Å². The van der Waals surface area contributed by atoms with E-state index in [4.69, 9.17) is 10.2 Å². The Morgan fingerprint density at radius 3 is 1.96 bits per heavy atom. The summed E-state index contributed by atoms with van der Waals surface area (Å²) < 4.78 is 0. The summed E-state index contributed by atoms with van der Waals surface area (Å²) in [5, 5.41) is 27.5. The summed E-state index contributed by atoms with van der Waals surface area (Å²) in [5.74, 6) is -4.05. The van der Waals surface area contributed by atoms with Gasteiger partial charge in [-0.2, -0.15) is 0 Å². The first-order valence-corrected chi connectivity index (χ1v) is 7.75. The monoisotopic (exact) mass is 322 g/mol. The molecule has 23 heavy (non-hydrogen) atoms. The van der Waals surface area contributed by atoms with Crippen molar-refractivity contribution >= 4 is 17.9 Å². The topological polar surface area (TPSA) is 112 Å². The number of benzene rings is 1. The Kier molecular flexibility index (Phi) is 7.25. The third-order valence-corrected chi connectivity index (χ3v) is 3.71. The van der Waals surface area contributed by atoms with E-state index >= 15 is 0 Å². The van der Waals surface area contributed by atoms with Crippen LogP contribution in [-0.4, -0.2) is 33.2 Å². The fraction of sp³-hybridized carbons (Fsp3) is 0.471. The van der Waals surface area contributed by atoms with Gasteiger partial charge in [0.1, 0.15) is 0 Å². The van der Waals surface area contributed by atoms with Gasteiger partial charge in [0.2, 0.25) is 0 Å². The number of unbranched alkanes of at least 4 members (excludes halogenated alkanes) is 5. The van der Waals surface area contributed by atoms with Crippen molar-refractivity contribution in [1.82, 2.24) is 0 Å². The smallest absolute Gasteiger partial charge is 0.336 e. The van der Waals surface area contributed by atoms with Gasteiger partial charge in [-0.3, -0.25) is 0 Å². The lowest BCUT2D eigenvalue weighted by Gasteiger charge is -2.11. The van der Waals surface area contributed by atoms with Gasteiger partial charge in [0, 0.05) is 0 Å². The second kappa shape index (κ2) is 8.92. The lowest BCUT2D eigenvalue weighted by Crippen LogP contribution is -2.14. The summed E-state index contributed by atoms with van der Waals surface area (Å²) in [7, 11) is 0. The molecule has 0 saturated carbocycles. The van der Waals surface area contributed by atoms with Crippen LogP contribution in [0, 0.1) is 0 Å². The van der Waals surface area contributed by atoms with Crippen molar-refractivity contribution in [2.24, 2.45) is 0 Å². The molecule has 0 aliphatic rings. The molecule has 0 heterocycles. The van der Waals surface area contributed by atoms with E-state index in [9.17, 15) is 19.5 Å². The van der Waals surface area contributed by atoms with Crippen LogP contribution in [0.15, 0.2) is 12.1 Å². The molecule has 0 spiro atoms. The fourth-order valence-corrected chi connectivity index (χ4v) is 2.54. The Hall–Kier alpha value is -2.37. The van der Waals surface area contributed by atoms with Gasteiger partial charge >= 0.3 is 17.9 Å². The normalized spacial score (nSPS) is 10.5. The van der Waals surface area contributed by atoms with Gasteiger partial charge in [0.25, 0.3) is 0 Å². The van der Waals surface area contributed by atoms with Crippen molar-refractivity contribution in [2.45, 2.75) is 51.9 Å². The lowest BCUT2D eigenvalue weighted by molar-refractivity contribution is 0.0648. The van der Waals surface area contributed by atoms with Crippen molar-refractivity contribution in [1.29, 1.82) is 0 Å². The van der Waals surface area contributed by atoms with Gasteiger partial charge in [0.05, 0.1) is 16.7 Å². The molecular formula is C17H22O6. The highest BCUT2D eigenvalue weighted by Crippen LogP contribution is 2.21. The molecule has 6 nitrogen and oxygen atoms in total. The Labute approximate surface area is 134 Å². The molecule has 0 aliphatic heterocycles. The molecule has 0 saturated heterocycles. The first kappa shape index (κ1) is 18.7. The second-order valence-corrected chi connectivity index (χ2v) is 5.49. The van der Waals surface area contributed by atoms with Crippen molar-refractivity contribution in [3.63, 3.8) is 0 Å². The predicted octanol–water partition coefficient (Wildman–Crippen LogP) is 3.68. The summed E-state index contributed by atoms with van der Waals surface area (Å²) >= 11 is 0. The van der Waals surface area contributed by atoms with E-state index in [0.29, 0.717) is 12.8 Å². The number of carboxylic acids is 3. The van der Waals surface area contributed by atoms with Gasteiger partial charge in [-0.15, -0.1) is 0 Å². The van der Waals surface area contributed by atoms with Crippen LogP contribution < -0.4 is 0 Å². The molecule has 1 aromatic rings. The predicted molar refractivity (Wildman–Crippen MR) is 84.4 cm³/mol. The maximum absolute atomic E-state index is 11.4. The number of rotatable bonds is 10. The largest absolute Gasteiger partial charge is 0.478 e. The van der Waals surface area contributed by atoms with Crippen molar-refractivity contribution in [2.75, 3.05) is 0 Å². The Morgan fingerprint density at radius 2 is 1.43 bits per heavy atom. The number of hydrogen-bond acceptors (Lipinski definition) is 3. The zero-order valence-electron chi connectivity index (χ0n) is 13.2. The average molecular weight is 322 g/mol. The summed E-state index contributed by atoms with van der Waals surface area (Å²) in [6, 6.07) is 2.17. The fourth-order valence-electron chi connectivity index (χ4n) is 2.54. The summed E-state index contributed by atoms with van der Waals surface area (Å²) in [6.07, 6.45) is 6.38. The van der Waals surface area contributed by atoms with Crippen LogP contribution in [0.3, 0.4) is 0 Å². The van der Waals surface area contributed by atoms with E-state index in [1.54, 1.807) is 0 Å². The molecule has 0 unspecified atom stereocenters. The van der Waals surface area contributed by atoms with E-state index in [-0.39, 0.29) is 16.7 Å². The Morgan fingerprint density at radius 1 is 0.826 bits per heavy atom. The summed E-state index contributed by atoms with van der Waals surface area (Å²) in [5.41, 5.74) is -0.715. The Balaban J connectivity index is 3.00. The summed E-state index contributed by atoms with van der Waals surface area (Å²) in [4.78, 5) is 33.8. The molecule has 0 amide bonds. The van der Waals surface area contributed by atoms with Gasteiger partial charge in [-0.1, -0.05) is 39.0 Å². The van der Waals surface area contributed by atoms with Crippen molar-refractivity contribution in [3.8, 4) is 0 Å². The number of aromatic carboxylic acids is 3. The number of carbonyl (C=O) groups is 3. The minimum absolute atomic E-state index is 0.201. The van der Waals surface area contributed by atoms with Crippen LogP contribution in [0.25, 0.3) is 0 Å². The van der Waals surface area contributed by atoms with Gasteiger partial charge in [-0.05, 0) is 30.5 Å². The van der Waals surface area contributed by atoms with Crippen LogP contribution in [-0.2, 0) is 6.42 Å². The molecule has 0 atom stereocenters. The molecule has 1 rings (SSSR count). The molecule has 0 fully saturated rings. The summed E-state index contributed by atoms with van der Waals surface area (Å²) in [6.45, 7) is 2.12. The molecule has 6 heteroatoms. The van der Waals surface area contributed by atoms with Crippen LogP contribution >= 0.6 is 0 Å². The molecule has 0 bridgehead atoms. The zero-order chi connectivity index (χ0) is 17.4. The highest BCUT2D eigenvalue weighted by atomic mass is 16.4. The van der Waals surface area contributed by atoms with E-state index < -0.39 is 23.5 Å². The number of carboxylic acid groups (broad SMARTS) is 3. The first-order valence-electron chi connectivity index (χ1n) is 7.75. The molecule has 0 radical (unpaired) electrons. The third-order valence-electron chi connectivity index (χ3n) is 3.71. The molecule has 3 N–H and O–H groups in total. The van der Waals surface area contributed by atoms with Gasteiger partial charge in [-0.25, -0.2) is 14.4 Å². The molecule has 126 valence electrons. The highest BCUT2D eigenvalue weighted by Gasteiger charge is 2.23.